The van der Waals surface area contributed by atoms with Crippen LogP contribution in [-0.2, 0) is 13.8 Å². The molecule has 0 aliphatic carbocycles. The number of nitrogens with zero attached hydrogens (tertiary/aromatic N) is 2. The van der Waals surface area contributed by atoms with E-state index in [1.54, 1.807) is 24.3 Å². The quantitative estimate of drug-likeness (QED) is 0.546. The van der Waals surface area contributed by atoms with Gasteiger partial charge < -0.3 is 18.6 Å². The predicted octanol–water partition coefficient (Wildman–Crippen LogP) is 4.10. The van der Waals surface area contributed by atoms with Crippen LogP contribution in [0.1, 0.15) is 6.92 Å². The van der Waals surface area contributed by atoms with Gasteiger partial charge in [-0.3, -0.25) is 4.57 Å². The van der Waals surface area contributed by atoms with Gasteiger partial charge in [0.1, 0.15) is 0 Å². The Hall–Kier alpha value is -2.11. The van der Waals surface area contributed by atoms with E-state index in [4.69, 9.17) is 25.3 Å². The van der Waals surface area contributed by atoms with E-state index in [1.165, 1.54) is 0 Å². The van der Waals surface area contributed by atoms with E-state index in [0.717, 1.165) is 5.56 Å². The van der Waals surface area contributed by atoms with Crippen LogP contribution in [0, 0.1) is 0 Å². The van der Waals surface area contributed by atoms with Gasteiger partial charge in [0.05, 0.1) is 19.8 Å². The van der Waals surface area contributed by atoms with Crippen molar-refractivity contribution < 1.29 is 18.2 Å². The summed E-state index contributed by atoms with van der Waals surface area (Å²) in [6.07, 6.45) is 0. The van der Waals surface area contributed by atoms with Crippen molar-refractivity contribution in [1.29, 1.82) is 0 Å². The van der Waals surface area contributed by atoms with E-state index in [2.05, 4.69) is 4.98 Å². The van der Waals surface area contributed by atoms with Crippen molar-refractivity contribution in [3.05, 3.63) is 59.6 Å². The van der Waals surface area contributed by atoms with Gasteiger partial charge in [0, 0.05) is 29.0 Å². The third kappa shape index (κ3) is 4.12. The highest BCUT2D eigenvalue weighted by Crippen LogP contribution is 2.48. The molecule has 0 saturated carbocycles. The third-order valence-corrected chi connectivity index (χ3v) is 7.33. The van der Waals surface area contributed by atoms with Crippen molar-refractivity contribution in [2.45, 2.75) is 6.92 Å². The minimum Gasteiger partial charge on any atom is -0.420 e. The minimum absolute atomic E-state index is 0.286. The minimum atomic E-state index is -3.46. The molecule has 6 nitrogen and oxygen atoms in total. The fourth-order valence-electron chi connectivity index (χ4n) is 3.28. The summed E-state index contributed by atoms with van der Waals surface area (Å²) < 4.78 is 31.6. The largest absolute Gasteiger partial charge is 0.420 e. The van der Waals surface area contributed by atoms with Gasteiger partial charge in [0.2, 0.25) is 11.8 Å². The van der Waals surface area contributed by atoms with Crippen molar-refractivity contribution >= 4 is 35.6 Å². The van der Waals surface area contributed by atoms with E-state index in [-0.39, 0.29) is 6.61 Å². The molecule has 0 amide bonds. The number of hydrogen-bond acceptors (Lipinski definition) is 6. The Morgan fingerprint density at radius 2 is 1.90 bits per heavy atom. The Bertz CT molecular complexity index is 1020. The zero-order valence-corrected chi connectivity index (χ0v) is 17.7. The lowest BCUT2D eigenvalue weighted by Gasteiger charge is -2.28. The van der Waals surface area contributed by atoms with E-state index < -0.39 is 7.37 Å². The molecule has 0 N–H and O–H groups in total. The molecule has 3 aromatic rings. The summed E-state index contributed by atoms with van der Waals surface area (Å²) in [5.74, 6) is 0.823. The van der Waals surface area contributed by atoms with Crippen LogP contribution in [0.3, 0.4) is 0 Å². The fraction of sp³-hybridized carbons (Fsp3) is 0.286. The molecule has 0 bridgehead atoms. The normalized spacial score (nSPS) is 16.6. The number of anilines is 1. The molecule has 1 aliphatic rings. The molecule has 8 heteroatoms. The molecule has 29 heavy (non-hydrogen) atoms. The van der Waals surface area contributed by atoms with Crippen LogP contribution in [0.2, 0.25) is 5.02 Å². The maximum Gasteiger partial charge on any atom is 0.284 e. The van der Waals surface area contributed by atoms with Gasteiger partial charge in [-0.2, -0.15) is 0 Å². The molecule has 1 aromatic heterocycles. The van der Waals surface area contributed by atoms with Gasteiger partial charge in [0.25, 0.3) is 7.37 Å². The highest BCUT2D eigenvalue weighted by atomic mass is 35.5. The van der Waals surface area contributed by atoms with E-state index in [1.807, 2.05) is 42.2 Å². The molecule has 1 fully saturated rings. The zero-order valence-electron chi connectivity index (χ0n) is 16.1. The van der Waals surface area contributed by atoms with Crippen LogP contribution in [0.4, 0.5) is 5.88 Å². The maximum atomic E-state index is 14.2. The number of benzene rings is 2. The first kappa shape index (κ1) is 20.2. The smallest absolute Gasteiger partial charge is 0.284 e. The number of aromatic nitrogens is 1. The van der Waals surface area contributed by atoms with Crippen LogP contribution in [-0.4, -0.2) is 37.9 Å². The van der Waals surface area contributed by atoms with Crippen LogP contribution < -0.4 is 15.6 Å². The summed E-state index contributed by atoms with van der Waals surface area (Å²) in [4.78, 5) is 6.68. The molecule has 0 spiro atoms. The average molecular weight is 433 g/mol. The molecule has 2 aromatic carbocycles. The van der Waals surface area contributed by atoms with Gasteiger partial charge in [0.15, 0.2) is 5.44 Å². The Labute approximate surface area is 174 Å². The van der Waals surface area contributed by atoms with E-state index in [0.29, 0.717) is 53.8 Å². The lowest BCUT2D eigenvalue weighted by Crippen LogP contribution is -2.39. The van der Waals surface area contributed by atoms with Gasteiger partial charge in [-0.25, -0.2) is 4.98 Å². The summed E-state index contributed by atoms with van der Waals surface area (Å²) in [7, 11) is -3.46. The summed E-state index contributed by atoms with van der Waals surface area (Å²) in [6, 6.07) is 16.4. The summed E-state index contributed by atoms with van der Waals surface area (Å²) >= 11 is 6.15. The molecule has 152 valence electrons. The lowest BCUT2D eigenvalue weighted by atomic mass is 10.2. The topological polar surface area (TPSA) is 64.8 Å². The van der Waals surface area contributed by atoms with E-state index >= 15 is 0 Å². The average Bonchev–Trinajstić information content (AvgIpc) is 3.21. The number of halogens is 1. The highest BCUT2D eigenvalue weighted by molar-refractivity contribution is 7.74. The summed E-state index contributed by atoms with van der Waals surface area (Å²) in [6.45, 7) is 4.49. The van der Waals surface area contributed by atoms with Crippen LogP contribution >= 0.6 is 19.0 Å². The molecule has 4 rings (SSSR count). The van der Waals surface area contributed by atoms with Crippen molar-refractivity contribution in [3.63, 3.8) is 0 Å². The van der Waals surface area contributed by atoms with Gasteiger partial charge >= 0.3 is 0 Å². The first-order valence-electron chi connectivity index (χ1n) is 9.52. The summed E-state index contributed by atoms with van der Waals surface area (Å²) in [5, 5.41) is 1.16. The molecular formula is C21H22ClN2O4P. The molecule has 1 aliphatic heterocycles. The number of rotatable bonds is 6. The van der Waals surface area contributed by atoms with Crippen molar-refractivity contribution in [2.24, 2.45) is 0 Å². The molecule has 0 unspecified atom stereocenters. The molecule has 2 heterocycles. The second kappa shape index (κ2) is 8.72. The number of morpholine rings is 1. The first-order chi connectivity index (χ1) is 14.1. The van der Waals surface area contributed by atoms with Gasteiger partial charge in [-0.05, 0) is 37.3 Å². The Morgan fingerprint density at radius 3 is 2.59 bits per heavy atom. The van der Waals surface area contributed by atoms with Crippen LogP contribution in [0.5, 0.6) is 0 Å². The monoisotopic (exact) mass is 432 g/mol. The number of hydrogen-bond donors (Lipinski definition) is 0. The number of oxazole rings is 1. The van der Waals surface area contributed by atoms with Gasteiger partial charge in [-0.15, -0.1) is 0 Å². The van der Waals surface area contributed by atoms with Gasteiger partial charge in [-0.1, -0.05) is 35.9 Å². The molecule has 1 atom stereocenters. The summed E-state index contributed by atoms with van der Waals surface area (Å²) in [5.41, 5.74) is 1.04. The maximum absolute atomic E-state index is 14.2. The molecular weight excluding hydrogens is 411 g/mol. The van der Waals surface area contributed by atoms with E-state index in [9.17, 15) is 4.57 Å². The zero-order chi connectivity index (χ0) is 20.3. The Kier molecular flexibility index (Phi) is 6.07. The second-order valence-electron chi connectivity index (χ2n) is 6.56. The second-order valence-corrected chi connectivity index (χ2v) is 9.30. The Balaban J connectivity index is 1.88. The third-order valence-electron chi connectivity index (χ3n) is 4.65. The standard InChI is InChI=1S/C21H22ClN2O4P/c1-2-27-29(25,18-9-4-3-5-10-18)20-21(24-11-13-26-14-12-24)28-19(23-20)16-7-6-8-17(22)15-16/h3-10,15H,2,11-14H2,1H3/t29-/m0/s1. The highest BCUT2D eigenvalue weighted by Gasteiger charge is 2.38. The molecule has 0 radical (unpaired) electrons. The van der Waals surface area contributed by atoms with Crippen molar-refractivity contribution in [1.82, 2.24) is 4.98 Å². The predicted molar refractivity (Wildman–Crippen MR) is 115 cm³/mol. The lowest BCUT2D eigenvalue weighted by molar-refractivity contribution is 0.121. The first-order valence-corrected chi connectivity index (χ1v) is 11.5. The van der Waals surface area contributed by atoms with Crippen molar-refractivity contribution in [2.75, 3.05) is 37.8 Å². The van der Waals surface area contributed by atoms with Crippen LogP contribution in [0.25, 0.3) is 11.5 Å². The SMILES string of the molecule is CCO[P@@](=O)(c1ccccc1)c1nc(-c2cccc(Cl)c2)oc1N1CCOCC1. The van der Waals surface area contributed by atoms with Crippen molar-refractivity contribution in [3.8, 4) is 11.5 Å². The molecule has 1 saturated heterocycles. The Morgan fingerprint density at radius 1 is 1.14 bits per heavy atom. The fourth-order valence-corrected chi connectivity index (χ4v) is 5.57. The number of ether oxygens (including phenoxy) is 1. The van der Waals surface area contributed by atoms with Crippen LogP contribution in [0.15, 0.2) is 59.0 Å².